The molecular formula is C121H154F12N6. The van der Waals surface area contributed by atoms with E-state index < -0.39 is 29.6 Å². The van der Waals surface area contributed by atoms with Gasteiger partial charge in [-0.1, -0.05) is 156 Å². The Hall–Kier alpha value is -6.85. The summed E-state index contributed by atoms with van der Waals surface area (Å²) in [5.74, 6) is -6.54. The molecule has 15 saturated carbocycles. The molecule has 0 spiro atoms. The standard InChI is InChI=1S/C25H32F3N.C25H33F2N.C24H28F3N.C24H29F2N.C23H32F2N2/c1-22-10-11-25(27,28)13-17(22)6-8-24(3)20-5-4-19(16-12-18(26)15-29-14-16)23(20,2)9-7-21(22)24;1-22-12-13-25(26,27)15-18(22)8-10-24(3)20-7-6-19(17-5-4-14-28-16-17)23(20,2)11-9-21(22)24;1-22-9-10-24(26,27)12-16(22)3-4-18-20-6-5-19(15-11-17(25)14-28-13-15)23(20,2)8-7-21(18)22;1-22-11-12-24(25,26)14-17(22)5-6-18-20-8-7-19(16-4-3-13-27-15-16)23(20,2)10-9-21(18)22;1-20-10-11-23(24,25)14-16(20)6-8-21(2)17-4-5-19(27-13-12-26-15-27)22(17,3)9-7-18(20)21/h4,12,14-15,17,20-21H,5-11,13H2,1-3H3;4-6,14,16,18,20-21H,7-13,15H2,1-3H3;5-6,11,13-14,16,18,21H,3-4,7-10,12H2,1-2H3;3-4,7-8,13,15,17-18,21H,5-6,9-12,14H2,1-2H3;5,12-13,15-18H,4,6-11,14H2,1-3H3/t17?,20-,21-,22+,23-,24+;18?,20-,21-,22+,23-,24+;16?,18-,21-,22-,23+;17?,18-,21-,22-,23+;16?,17-,18+,20-,21-,22-/m11000/s1. The van der Waals surface area contributed by atoms with Gasteiger partial charge < -0.3 is 4.57 Å². The van der Waals surface area contributed by atoms with Crippen LogP contribution in [-0.2, 0) is 0 Å². The molecule has 5 unspecified atom stereocenters. The first kappa shape index (κ1) is 98.2. The van der Waals surface area contributed by atoms with Crippen LogP contribution in [0.25, 0.3) is 28.0 Å². The number of allylic oxidation sites excluding steroid dienone is 14. The molecule has 5 aromatic rings. The Labute approximate surface area is 820 Å². The Morgan fingerprint density at radius 3 is 1.01 bits per heavy atom. The summed E-state index contributed by atoms with van der Waals surface area (Å²) < 4.78 is 171. The molecule has 752 valence electrons. The zero-order valence-electron chi connectivity index (χ0n) is 85.1. The van der Waals surface area contributed by atoms with Crippen molar-refractivity contribution >= 4 is 28.0 Å². The van der Waals surface area contributed by atoms with E-state index in [9.17, 15) is 52.7 Å². The molecule has 20 aliphatic carbocycles. The van der Waals surface area contributed by atoms with Gasteiger partial charge in [-0.15, -0.1) is 0 Å². The van der Waals surface area contributed by atoms with Crippen LogP contribution in [0.3, 0.4) is 0 Å². The van der Waals surface area contributed by atoms with Crippen molar-refractivity contribution in [1.82, 2.24) is 29.5 Å². The van der Waals surface area contributed by atoms with Gasteiger partial charge in [0.25, 0.3) is 0 Å². The van der Waals surface area contributed by atoms with Crippen LogP contribution >= 0.6 is 0 Å². The lowest BCUT2D eigenvalue weighted by Crippen LogP contribution is -2.59. The Kier molecular flexibility index (Phi) is 24.1. The molecule has 5 aromatic heterocycles. The van der Waals surface area contributed by atoms with Crippen molar-refractivity contribution in [2.75, 3.05) is 0 Å². The molecule has 0 saturated heterocycles. The van der Waals surface area contributed by atoms with Crippen molar-refractivity contribution in [2.45, 2.75) is 364 Å². The van der Waals surface area contributed by atoms with Crippen LogP contribution in [-0.4, -0.2) is 59.1 Å². The molecule has 0 amide bonds. The molecule has 20 aliphatic rings. The lowest BCUT2D eigenvalue weighted by Gasteiger charge is -2.65. The fourth-order valence-corrected chi connectivity index (χ4v) is 39.2. The normalized spacial score (nSPS) is 45.0. The largest absolute Gasteiger partial charge is 0.310 e. The monoisotopic (exact) mass is 1920 g/mol. The van der Waals surface area contributed by atoms with E-state index in [1.165, 1.54) is 77.2 Å². The summed E-state index contributed by atoms with van der Waals surface area (Å²) in [5, 5.41) is 0. The number of nitrogens with zero attached hydrogens (tertiary/aromatic N) is 6. The first-order valence-electron chi connectivity index (χ1n) is 54.4. The molecule has 25 rings (SSSR count). The number of pyridine rings is 4. The minimum absolute atomic E-state index is 0.0164. The third-order valence-electron chi connectivity index (χ3n) is 46.5. The Balaban J connectivity index is 0.000000103. The van der Waals surface area contributed by atoms with Crippen LogP contribution in [0.5, 0.6) is 0 Å². The van der Waals surface area contributed by atoms with Gasteiger partial charge in [-0.05, 0) is 392 Å². The van der Waals surface area contributed by atoms with E-state index in [0.717, 1.165) is 139 Å². The van der Waals surface area contributed by atoms with Crippen LogP contribution in [0.4, 0.5) is 52.7 Å². The fourth-order valence-electron chi connectivity index (χ4n) is 39.2. The number of rotatable bonds is 5. The van der Waals surface area contributed by atoms with E-state index in [0.29, 0.717) is 91.3 Å². The second-order valence-electron chi connectivity index (χ2n) is 52.6. The molecule has 139 heavy (non-hydrogen) atoms. The second kappa shape index (κ2) is 34.1. The first-order valence-corrected chi connectivity index (χ1v) is 54.4. The van der Waals surface area contributed by atoms with E-state index in [-0.39, 0.29) is 176 Å². The number of aromatic nitrogens is 6. The van der Waals surface area contributed by atoms with Crippen LogP contribution in [0.2, 0.25) is 0 Å². The van der Waals surface area contributed by atoms with Crippen molar-refractivity contribution in [3.63, 3.8) is 0 Å². The number of imidazole rings is 1. The lowest BCUT2D eigenvalue weighted by atomic mass is 9.39. The molecule has 6 nitrogen and oxygen atoms in total. The summed E-state index contributed by atoms with van der Waals surface area (Å²) in [6.07, 6.45) is 64.6. The van der Waals surface area contributed by atoms with E-state index in [1.807, 2.05) is 49.4 Å². The highest BCUT2D eigenvalue weighted by molar-refractivity contribution is 5.80. The van der Waals surface area contributed by atoms with Gasteiger partial charge in [0, 0.05) is 136 Å². The zero-order valence-corrected chi connectivity index (χ0v) is 85.1. The smallest absolute Gasteiger partial charge is 0.248 e. The number of hydrogen-bond donors (Lipinski definition) is 0. The molecule has 0 bridgehead atoms. The van der Waals surface area contributed by atoms with Crippen LogP contribution in [0.1, 0.15) is 356 Å². The summed E-state index contributed by atoms with van der Waals surface area (Å²) >= 11 is 0. The molecule has 28 atom stereocenters. The number of alkyl halides is 10. The van der Waals surface area contributed by atoms with Crippen molar-refractivity contribution in [3.8, 4) is 0 Å². The quantitative estimate of drug-likeness (QED) is 0.164. The van der Waals surface area contributed by atoms with Crippen LogP contribution in [0.15, 0.2) is 158 Å². The van der Waals surface area contributed by atoms with Gasteiger partial charge in [0.2, 0.25) is 29.6 Å². The summed E-state index contributed by atoms with van der Waals surface area (Å²) in [6.45, 7) is 31.0. The molecule has 0 radical (unpaired) electrons. The van der Waals surface area contributed by atoms with Crippen molar-refractivity contribution in [1.29, 1.82) is 0 Å². The number of halogens is 12. The molecule has 0 N–H and O–H groups in total. The van der Waals surface area contributed by atoms with Gasteiger partial charge in [-0.25, -0.2) is 57.7 Å². The number of hydrogen-bond acceptors (Lipinski definition) is 5. The highest BCUT2D eigenvalue weighted by atomic mass is 19.3. The predicted molar refractivity (Wildman–Crippen MR) is 529 cm³/mol. The number of fused-ring (bicyclic) bond motifs is 25. The van der Waals surface area contributed by atoms with E-state index >= 15 is 0 Å². The molecule has 0 aromatic carbocycles. The average Bonchev–Trinajstić information content (AvgIpc) is 1.63. The van der Waals surface area contributed by atoms with E-state index in [1.54, 1.807) is 30.1 Å². The summed E-state index contributed by atoms with van der Waals surface area (Å²) in [7, 11) is 0. The van der Waals surface area contributed by atoms with Crippen molar-refractivity contribution in [3.05, 3.63) is 192 Å². The molecule has 5 heterocycles. The molecule has 18 heteroatoms. The van der Waals surface area contributed by atoms with Gasteiger partial charge >= 0.3 is 0 Å². The zero-order chi connectivity index (χ0) is 98.1. The van der Waals surface area contributed by atoms with E-state index in [2.05, 4.69) is 180 Å². The lowest BCUT2D eigenvalue weighted by molar-refractivity contribution is -0.189. The van der Waals surface area contributed by atoms with Crippen LogP contribution in [0, 0.1) is 171 Å². The van der Waals surface area contributed by atoms with Gasteiger partial charge in [0.05, 0.1) is 18.7 Å². The van der Waals surface area contributed by atoms with Gasteiger partial charge in [0.15, 0.2) is 0 Å². The Morgan fingerprint density at radius 1 is 0.288 bits per heavy atom. The first-order chi connectivity index (χ1) is 65.5. The van der Waals surface area contributed by atoms with Gasteiger partial charge in [-0.3, -0.25) is 19.9 Å². The summed E-state index contributed by atoms with van der Waals surface area (Å²) in [6, 6.07) is 11.6. The third kappa shape index (κ3) is 15.9. The third-order valence-corrected chi connectivity index (χ3v) is 46.5. The Morgan fingerprint density at radius 2 is 0.633 bits per heavy atom. The average molecular weight is 1920 g/mol. The van der Waals surface area contributed by atoms with Crippen molar-refractivity contribution in [2.24, 2.45) is 159 Å². The molecular weight excluding hydrogens is 1770 g/mol. The molecule has 15 fully saturated rings. The predicted octanol–water partition coefficient (Wildman–Crippen LogP) is 34.3. The minimum Gasteiger partial charge on any atom is -0.310 e. The fraction of sp³-hybridized carbons (Fsp3) is 0.694. The highest BCUT2D eigenvalue weighted by Gasteiger charge is 2.71. The van der Waals surface area contributed by atoms with Crippen molar-refractivity contribution < 1.29 is 52.7 Å². The van der Waals surface area contributed by atoms with Crippen LogP contribution < -0.4 is 0 Å². The summed E-state index contributed by atoms with van der Waals surface area (Å²) in [4.78, 5) is 21.1. The highest BCUT2D eigenvalue weighted by Crippen LogP contribution is 2.79. The van der Waals surface area contributed by atoms with Gasteiger partial charge in [0.1, 0.15) is 11.6 Å². The summed E-state index contributed by atoms with van der Waals surface area (Å²) in [5.41, 5.74) is 15.3. The molecule has 0 aliphatic heterocycles. The minimum atomic E-state index is -2.48. The SMILES string of the molecule is C[C@@]12CCC3CC(F)(F)CC[C@]3(C)[C@H]1CC[C@]1(C)C(c3cccnc3)=CC[C@@H]21.C[C@@]12CCC3CC(F)(F)CC[C@]3(C)[C@H]1CC[C@]1(C)C(c3cncc(F)c3)=CC[C@@H]21.C[C@@]12CCC3CC(F)(F)CC[C@]3(C)[C@H]1CC[C@]1(C)C(n3ccnc3)=CC[C@@H]21.C[C@]12CC[C@H]3[C@@H](CCC4CC(F)(F)CC[C@@]43C)C1=CC=C2c1cccnc1.C[C@]12CC[C@H]3[C@@H](CCC4CC(F)(F)CC[C@@]43C)C1=CC=C2c1cncc(F)c1. The van der Waals surface area contributed by atoms with Gasteiger partial charge in [-0.2, -0.15) is 0 Å². The topological polar surface area (TPSA) is 69.4 Å². The maximum atomic E-state index is 14.2. The second-order valence-corrected chi connectivity index (χ2v) is 52.6. The Bertz CT molecular complexity index is 5720. The maximum Gasteiger partial charge on any atom is 0.248 e. The van der Waals surface area contributed by atoms with E-state index in [4.69, 9.17) is 0 Å². The maximum absolute atomic E-state index is 14.2.